The van der Waals surface area contributed by atoms with Crippen LogP contribution >= 0.6 is 0 Å². The Hall–Kier alpha value is -4.18. The van der Waals surface area contributed by atoms with Gasteiger partial charge in [0.05, 0.1) is 9.79 Å². The molecule has 0 amide bonds. The Labute approximate surface area is 180 Å². The van der Waals surface area contributed by atoms with E-state index in [9.17, 15) is 38.7 Å². The van der Waals surface area contributed by atoms with Crippen LogP contribution in [0, 0.1) is 6.92 Å². The summed E-state index contributed by atoms with van der Waals surface area (Å²) in [6.45, 7) is 1.76. The van der Waals surface area contributed by atoms with E-state index < -0.39 is 65.6 Å². The third kappa shape index (κ3) is 3.26. The first-order valence-corrected chi connectivity index (χ1v) is 10.6. The minimum atomic E-state index is -4.32. The molecule has 164 valence electrons. The minimum absolute atomic E-state index is 0.146. The fourth-order valence-corrected chi connectivity index (χ4v) is 4.72. The van der Waals surface area contributed by atoms with Gasteiger partial charge >= 0.3 is 0 Å². The van der Waals surface area contributed by atoms with Crippen LogP contribution in [0.25, 0.3) is 22.3 Å². The molecular weight excluding hydrogens is 440 g/mol. The van der Waals surface area contributed by atoms with E-state index in [0.29, 0.717) is 0 Å². The highest BCUT2D eigenvalue weighted by atomic mass is 32.2. The maximum atomic E-state index is 13.3. The second-order valence-corrected chi connectivity index (χ2v) is 9.02. The van der Waals surface area contributed by atoms with Crippen molar-refractivity contribution in [1.82, 2.24) is 0 Å². The van der Waals surface area contributed by atoms with Gasteiger partial charge in [-0.3, -0.25) is 4.79 Å². The summed E-state index contributed by atoms with van der Waals surface area (Å²) in [7, 11) is -4.32. The van der Waals surface area contributed by atoms with Gasteiger partial charge in [0.15, 0.2) is 17.3 Å². The molecule has 9 nitrogen and oxygen atoms in total. The zero-order chi connectivity index (χ0) is 23.4. The first-order valence-electron chi connectivity index (χ1n) is 9.10. The monoisotopic (exact) mass is 456 g/mol. The number of hydrogen-bond donors (Lipinski definition) is 5. The van der Waals surface area contributed by atoms with Gasteiger partial charge in [0.25, 0.3) is 0 Å². The summed E-state index contributed by atoms with van der Waals surface area (Å²) < 4.78 is 32.1. The second kappa shape index (κ2) is 7.20. The molecule has 0 aliphatic heterocycles. The number of phenolic OH excluding ortho intramolecular Hbond substituents is 4. The maximum absolute atomic E-state index is 13.3. The van der Waals surface area contributed by atoms with Gasteiger partial charge in [-0.15, -0.1) is 0 Å². The molecule has 0 aliphatic carbocycles. The van der Waals surface area contributed by atoms with Crippen molar-refractivity contribution in [3.63, 3.8) is 0 Å². The fraction of sp³-hybridized carbons (Fsp3) is 0.0455. The summed E-state index contributed by atoms with van der Waals surface area (Å²) in [6.07, 6.45) is 0. The lowest BCUT2D eigenvalue weighted by atomic mass is 10.1. The van der Waals surface area contributed by atoms with E-state index in [1.54, 1.807) is 19.1 Å². The highest BCUT2D eigenvalue weighted by Gasteiger charge is 2.29. The van der Waals surface area contributed by atoms with Gasteiger partial charge in [-0.1, -0.05) is 17.7 Å². The number of aromatic hydroxyl groups is 5. The fourth-order valence-electron chi connectivity index (χ4n) is 3.26. The summed E-state index contributed by atoms with van der Waals surface area (Å²) >= 11 is 0. The molecule has 1 aromatic heterocycles. The molecule has 0 radical (unpaired) electrons. The Morgan fingerprint density at radius 2 is 1.44 bits per heavy atom. The zero-order valence-corrected chi connectivity index (χ0v) is 17.2. The molecule has 0 fully saturated rings. The molecule has 0 saturated heterocycles. The van der Waals surface area contributed by atoms with Crippen molar-refractivity contribution in [3.05, 3.63) is 64.3 Å². The summed E-state index contributed by atoms with van der Waals surface area (Å²) in [5, 5.41) is 49.7. The number of aryl methyl sites for hydroxylation is 1. The molecule has 0 spiro atoms. The van der Waals surface area contributed by atoms with Crippen molar-refractivity contribution in [2.75, 3.05) is 0 Å². The number of benzene rings is 3. The Kier molecular flexibility index (Phi) is 4.74. The van der Waals surface area contributed by atoms with Gasteiger partial charge in [-0.25, -0.2) is 8.42 Å². The maximum Gasteiger partial charge on any atom is 0.238 e. The Morgan fingerprint density at radius 1 is 0.812 bits per heavy atom. The summed E-state index contributed by atoms with van der Waals surface area (Å²) in [5.74, 6) is -4.27. The smallest absolute Gasteiger partial charge is 0.238 e. The van der Waals surface area contributed by atoms with E-state index in [0.717, 1.165) is 29.8 Å². The van der Waals surface area contributed by atoms with E-state index in [1.165, 1.54) is 12.1 Å². The summed E-state index contributed by atoms with van der Waals surface area (Å²) in [5.41, 5.74) is -1.05. The molecular formula is C22H16O9S. The van der Waals surface area contributed by atoms with Crippen molar-refractivity contribution in [3.8, 4) is 40.1 Å². The van der Waals surface area contributed by atoms with Crippen LogP contribution in [0.1, 0.15) is 5.56 Å². The molecule has 5 N–H and O–H groups in total. The van der Waals surface area contributed by atoms with Crippen LogP contribution in [-0.4, -0.2) is 34.0 Å². The standard InChI is InChI=1S/C22H16O9S/c1-10-2-4-12(5-3-10)32(29,30)18-9-15(25)14(24)8-13(18)22-21(28)20(27)19-16(26)6-11(23)7-17(19)31-22/h2-9,23-26,28H,1H3. The van der Waals surface area contributed by atoms with Gasteiger partial charge in [0.1, 0.15) is 22.5 Å². The summed E-state index contributed by atoms with van der Waals surface area (Å²) in [4.78, 5) is 12.0. The molecule has 0 unspecified atom stereocenters. The number of fused-ring (bicyclic) bond motifs is 1. The molecule has 3 aromatic carbocycles. The summed E-state index contributed by atoms with van der Waals surface area (Å²) in [6, 6.07) is 9.26. The van der Waals surface area contributed by atoms with Crippen molar-refractivity contribution in [2.45, 2.75) is 16.7 Å². The SMILES string of the molecule is Cc1ccc(S(=O)(=O)c2cc(O)c(O)cc2-c2oc3cc(O)cc(O)c3c(=O)c2O)cc1. The minimum Gasteiger partial charge on any atom is -0.508 e. The molecule has 32 heavy (non-hydrogen) atoms. The molecule has 0 saturated carbocycles. The first kappa shape index (κ1) is 21.1. The topological polar surface area (TPSA) is 166 Å². The molecule has 1 heterocycles. The van der Waals surface area contributed by atoms with Gasteiger partial charge in [0.2, 0.25) is 21.0 Å². The third-order valence-corrected chi connectivity index (χ3v) is 6.69. The van der Waals surface area contributed by atoms with Crippen LogP contribution in [0.5, 0.6) is 28.7 Å². The van der Waals surface area contributed by atoms with Crippen LogP contribution in [0.3, 0.4) is 0 Å². The lowest BCUT2D eigenvalue weighted by Crippen LogP contribution is -2.07. The van der Waals surface area contributed by atoms with Gasteiger partial charge in [-0.05, 0) is 25.1 Å². The lowest BCUT2D eigenvalue weighted by molar-refractivity contribution is 0.402. The molecule has 4 rings (SSSR count). The molecule has 10 heteroatoms. The van der Waals surface area contributed by atoms with E-state index in [2.05, 4.69) is 0 Å². The largest absolute Gasteiger partial charge is 0.508 e. The predicted molar refractivity (Wildman–Crippen MR) is 113 cm³/mol. The zero-order valence-electron chi connectivity index (χ0n) is 16.4. The van der Waals surface area contributed by atoms with Crippen LogP contribution in [0.2, 0.25) is 0 Å². The Morgan fingerprint density at radius 3 is 2.09 bits per heavy atom. The number of sulfone groups is 1. The van der Waals surface area contributed by atoms with E-state index in [1.807, 2.05) is 0 Å². The highest BCUT2D eigenvalue weighted by molar-refractivity contribution is 7.91. The van der Waals surface area contributed by atoms with Crippen molar-refractivity contribution in [1.29, 1.82) is 0 Å². The molecule has 4 aromatic rings. The van der Waals surface area contributed by atoms with Crippen molar-refractivity contribution >= 4 is 20.8 Å². The molecule has 0 atom stereocenters. The van der Waals surface area contributed by atoms with Crippen LogP contribution < -0.4 is 5.43 Å². The quantitative estimate of drug-likeness (QED) is 0.291. The predicted octanol–water partition coefficient (Wildman–Crippen LogP) is 3.13. The van der Waals surface area contributed by atoms with Crippen LogP contribution in [-0.2, 0) is 9.84 Å². The molecule has 0 aliphatic rings. The second-order valence-electron chi connectivity index (χ2n) is 7.10. The number of phenols is 4. The third-order valence-electron chi connectivity index (χ3n) is 4.88. The van der Waals surface area contributed by atoms with E-state index in [-0.39, 0.29) is 10.5 Å². The van der Waals surface area contributed by atoms with E-state index >= 15 is 0 Å². The molecule has 0 bridgehead atoms. The number of rotatable bonds is 3. The van der Waals surface area contributed by atoms with Gasteiger partial charge in [0, 0.05) is 23.8 Å². The van der Waals surface area contributed by atoms with Gasteiger partial charge in [-0.2, -0.15) is 0 Å². The Bertz CT molecular complexity index is 1550. The van der Waals surface area contributed by atoms with Crippen LogP contribution in [0.4, 0.5) is 0 Å². The normalized spacial score (nSPS) is 11.7. The number of hydrogen-bond acceptors (Lipinski definition) is 9. The average Bonchev–Trinajstić information content (AvgIpc) is 2.72. The Balaban J connectivity index is 2.09. The van der Waals surface area contributed by atoms with Crippen molar-refractivity contribution < 1.29 is 38.4 Å². The van der Waals surface area contributed by atoms with Gasteiger partial charge < -0.3 is 29.9 Å². The van der Waals surface area contributed by atoms with E-state index in [4.69, 9.17) is 4.42 Å². The van der Waals surface area contributed by atoms with Crippen LogP contribution in [0.15, 0.2) is 67.5 Å². The lowest BCUT2D eigenvalue weighted by Gasteiger charge is -2.14. The average molecular weight is 456 g/mol. The first-order chi connectivity index (χ1) is 15.0. The van der Waals surface area contributed by atoms with Crippen molar-refractivity contribution in [2.24, 2.45) is 0 Å². The highest BCUT2D eigenvalue weighted by Crippen LogP contribution is 2.43.